The molecule has 12 heavy (non-hydrogen) atoms. The van der Waals surface area contributed by atoms with E-state index in [-0.39, 0.29) is 7.12 Å². The molecule has 3 heteroatoms. The zero-order valence-corrected chi connectivity index (χ0v) is 8.38. The van der Waals surface area contributed by atoms with Gasteiger partial charge in [0, 0.05) is 13.2 Å². The van der Waals surface area contributed by atoms with Gasteiger partial charge in [-0.2, -0.15) is 0 Å². The van der Waals surface area contributed by atoms with Gasteiger partial charge in [0.15, 0.2) is 0 Å². The summed E-state index contributed by atoms with van der Waals surface area (Å²) in [6, 6.07) is 0. The topological polar surface area (TPSA) is 18.5 Å². The monoisotopic (exact) mass is 170 g/mol. The van der Waals surface area contributed by atoms with Crippen LogP contribution in [-0.2, 0) is 9.31 Å². The zero-order valence-electron chi connectivity index (χ0n) is 8.38. The maximum Gasteiger partial charge on any atom is 0.457 e. The normalized spacial score (nSPS) is 21.5. The second-order valence-corrected chi connectivity index (χ2v) is 3.98. The molecule has 2 nitrogen and oxygen atoms in total. The fourth-order valence-electron chi connectivity index (χ4n) is 1.25. The summed E-state index contributed by atoms with van der Waals surface area (Å²) >= 11 is 0. The Morgan fingerprint density at radius 3 is 2.25 bits per heavy atom. The third-order valence-corrected chi connectivity index (χ3v) is 2.60. The van der Waals surface area contributed by atoms with Gasteiger partial charge in [-0.25, -0.2) is 0 Å². The lowest BCUT2D eigenvalue weighted by molar-refractivity contribution is 0.129. The Morgan fingerprint density at radius 2 is 1.75 bits per heavy atom. The lowest BCUT2D eigenvalue weighted by atomic mass is 9.73. The first kappa shape index (κ1) is 10.1. The molecule has 1 unspecified atom stereocenters. The maximum atomic E-state index is 5.48. The quantitative estimate of drug-likeness (QED) is 0.604. The number of rotatable bonds is 3. The molecule has 1 saturated heterocycles. The van der Waals surface area contributed by atoms with Crippen molar-refractivity contribution in [3.63, 3.8) is 0 Å². The second kappa shape index (κ2) is 4.88. The van der Waals surface area contributed by atoms with Crippen molar-refractivity contribution in [3.05, 3.63) is 0 Å². The van der Waals surface area contributed by atoms with Crippen LogP contribution in [0.25, 0.3) is 0 Å². The van der Waals surface area contributed by atoms with Crippen LogP contribution in [0.2, 0.25) is 6.32 Å². The van der Waals surface area contributed by atoms with E-state index in [9.17, 15) is 0 Å². The van der Waals surface area contributed by atoms with E-state index in [4.69, 9.17) is 9.31 Å². The molecule has 1 rings (SSSR count). The van der Waals surface area contributed by atoms with E-state index < -0.39 is 0 Å². The first-order valence-electron chi connectivity index (χ1n) is 4.93. The SMILES string of the molecule is CC(C)C(C)CB1OCCCO1. The van der Waals surface area contributed by atoms with Gasteiger partial charge in [0.2, 0.25) is 0 Å². The minimum absolute atomic E-state index is 0.0659. The van der Waals surface area contributed by atoms with Crippen LogP contribution < -0.4 is 0 Å². The Morgan fingerprint density at radius 1 is 1.17 bits per heavy atom. The minimum Gasteiger partial charge on any atom is -0.411 e. The van der Waals surface area contributed by atoms with Gasteiger partial charge >= 0.3 is 7.12 Å². The molecule has 0 saturated carbocycles. The molecule has 0 aliphatic carbocycles. The van der Waals surface area contributed by atoms with E-state index in [2.05, 4.69) is 20.8 Å². The fraction of sp³-hybridized carbons (Fsp3) is 1.00. The van der Waals surface area contributed by atoms with Crippen LogP contribution in [0.4, 0.5) is 0 Å². The molecule has 0 aromatic heterocycles. The van der Waals surface area contributed by atoms with Gasteiger partial charge < -0.3 is 9.31 Å². The minimum atomic E-state index is 0.0659. The van der Waals surface area contributed by atoms with Crippen molar-refractivity contribution in [2.75, 3.05) is 13.2 Å². The summed E-state index contributed by atoms with van der Waals surface area (Å²) in [5.41, 5.74) is 0. The molecule has 1 heterocycles. The Kier molecular flexibility index (Phi) is 4.09. The first-order chi connectivity index (χ1) is 5.70. The Bertz CT molecular complexity index is 122. The van der Waals surface area contributed by atoms with E-state index in [0.717, 1.165) is 31.9 Å². The predicted molar refractivity (Wildman–Crippen MR) is 51.1 cm³/mol. The molecular formula is C9H19BO2. The third kappa shape index (κ3) is 3.15. The molecule has 0 N–H and O–H groups in total. The summed E-state index contributed by atoms with van der Waals surface area (Å²) in [7, 11) is 0.0659. The first-order valence-corrected chi connectivity index (χ1v) is 4.93. The highest BCUT2D eigenvalue weighted by Gasteiger charge is 2.25. The van der Waals surface area contributed by atoms with Crippen LogP contribution in [-0.4, -0.2) is 20.3 Å². The van der Waals surface area contributed by atoms with Crippen LogP contribution in [0.1, 0.15) is 27.2 Å². The Hall–Kier alpha value is -0.0151. The van der Waals surface area contributed by atoms with E-state index in [1.54, 1.807) is 0 Å². The van der Waals surface area contributed by atoms with Crippen molar-refractivity contribution < 1.29 is 9.31 Å². The van der Waals surface area contributed by atoms with Crippen LogP contribution in [0.15, 0.2) is 0 Å². The van der Waals surface area contributed by atoms with E-state index in [1.807, 2.05) is 0 Å². The molecule has 0 aromatic carbocycles. The average Bonchev–Trinajstić information content (AvgIpc) is 2.06. The molecule has 1 aliphatic rings. The molecule has 1 fully saturated rings. The van der Waals surface area contributed by atoms with Gasteiger partial charge in [0.25, 0.3) is 0 Å². The van der Waals surface area contributed by atoms with Crippen molar-refractivity contribution in [2.45, 2.75) is 33.5 Å². The van der Waals surface area contributed by atoms with E-state index in [1.165, 1.54) is 0 Å². The Labute approximate surface area is 75.8 Å². The molecule has 0 amide bonds. The highest BCUT2D eigenvalue weighted by atomic mass is 16.6. The van der Waals surface area contributed by atoms with Crippen molar-refractivity contribution in [2.24, 2.45) is 11.8 Å². The highest BCUT2D eigenvalue weighted by Crippen LogP contribution is 2.19. The van der Waals surface area contributed by atoms with Gasteiger partial charge in [0.05, 0.1) is 0 Å². The predicted octanol–water partition coefficient (Wildman–Crippen LogP) is 2.20. The molecule has 1 aliphatic heterocycles. The lowest BCUT2D eigenvalue weighted by Crippen LogP contribution is -2.31. The number of hydrogen-bond donors (Lipinski definition) is 0. The summed E-state index contributed by atoms with van der Waals surface area (Å²) in [6.45, 7) is 8.48. The van der Waals surface area contributed by atoms with E-state index >= 15 is 0 Å². The van der Waals surface area contributed by atoms with Crippen LogP contribution >= 0.6 is 0 Å². The van der Waals surface area contributed by atoms with Crippen molar-refractivity contribution in [3.8, 4) is 0 Å². The van der Waals surface area contributed by atoms with Gasteiger partial charge in [-0.15, -0.1) is 0 Å². The molecule has 0 radical (unpaired) electrons. The summed E-state index contributed by atoms with van der Waals surface area (Å²) < 4.78 is 11.0. The molecule has 0 bridgehead atoms. The van der Waals surface area contributed by atoms with Crippen LogP contribution in [0, 0.1) is 11.8 Å². The molecule has 1 atom stereocenters. The van der Waals surface area contributed by atoms with Gasteiger partial charge in [0.1, 0.15) is 0 Å². The largest absolute Gasteiger partial charge is 0.457 e. The van der Waals surface area contributed by atoms with Gasteiger partial charge in [-0.1, -0.05) is 20.8 Å². The standard InChI is InChI=1S/C9H19BO2/c1-8(2)9(3)7-10-11-5-4-6-12-10/h8-9H,4-7H2,1-3H3. The molecular weight excluding hydrogens is 151 g/mol. The van der Waals surface area contributed by atoms with Gasteiger partial charge in [-0.05, 0) is 24.6 Å². The molecule has 70 valence electrons. The van der Waals surface area contributed by atoms with E-state index in [0.29, 0.717) is 5.92 Å². The summed E-state index contributed by atoms with van der Waals surface area (Å²) in [6.07, 6.45) is 2.09. The van der Waals surface area contributed by atoms with Gasteiger partial charge in [-0.3, -0.25) is 0 Å². The summed E-state index contributed by atoms with van der Waals surface area (Å²) in [5, 5.41) is 0. The smallest absolute Gasteiger partial charge is 0.411 e. The van der Waals surface area contributed by atoms with Crippen LogP contribution in [0.3, 0.4) is 0 Å². The Balaban J connectivity index is 2.20. The second-order valence-electron chi connectivity index (χ2n) is 3.98. The fourth-order valence-corrected chi connectivity index (χ4v) is 1.25. The van der Waals surface area contributed by atoms with Crippen molar-refractivity contribution in [1.82, 2.24) is 0 Å². The molecule has 0 aromatic rings. The lowest BCUT2D eigenvalue weighted by Gasteiger charge is -2.23. The number of hydrogen-bond acceptors (Lipinski definition) is 2. The van der Waals surface area contributed by atoms with Crippen LogP contribution in [0.5, 0.6) is 0 Å². The summed E-state index contributed by atoms with van der Waals surface area (Å²) in [5.74, 6) is 1.41. The molecule has 0 spiro atoms. The zero-order chi connectivity index (χ0) is 8.97. The van der Waals surface area contributed by atoms with Crippen molar-refractivity contribution in [1.29, 1.82) is 0 Å². The maximum absolute atomic E-state index is 5.48. The third-order valence-electron chi connectivity index (χ3n) is 2.60. The summed E-state index contributed by atoms with van der Waals surface area (Å²) in [4.78, 5) is 0. The van der Waals surface area contributed by atoms with Crippen molar-refractivity contribution >= 4 is 7.12 Å². The highest BCUT2D eigenvalue weighted by molar-refractivity contribution is 6.44. The average molecular weight is 170 g/mol.